The molecule has 1 amide bonds. The van der Waals surface area contributed by atoms with Gasteiger partial charge < -0.3 is 10.1 Å². The smallest absolute Gasteiger partial charge is 0.326 e. The first kappa shape index (κ1) is 20.6. The van der Waals surface area contributed by atoms with Crippen molar-refractivity contribution in [2.75, 3.05) is 5.32 Å². The van der Waals surface area contributed by atoms with Gasteiger partial charge >= 0.3 is 11.7 Å². The predicted octanol–water partition coefficient (Wildman–Crippen LogP) is 2.01. The lowest BCUT2D eigenvalue weighted by Crippen LogP contribution is -2.33. The predicted molar refractivity (Wildman–Crippen MR) is 103 cm³/mol. The third-order valence-electron chi connectivity index (χ3n) is 4.12. The van der Waals surface area contributed by atoms with Gasteiger partial charge in [0.25, 0.3) is 11.5 Å². The van der Waals surface area contributed by atoms with Crippen molar-refractivity contribution in [1.82, 2.24) is 9.55 Å². The van der Waals surface area contributed by atoms with E-state index in [0.29, 0.717) is 10.9 Å². The van der Waals surface area contributed by atoms with Gasteiger partial charge in [-0.15, -0.1) is 0 Å². The molecule has 3 rings (SSSR count). The number of rotatable bonds is 6. The summed E-state index contributed by atoms with van der Waals surface area (Å²) in [6, 6.07) is 9.44. The molecule has 10 nitrogen and oxygen atoms in total. The number of hydrogen-bond acceptors (Lipinski definition) is 7. The average Bonchev–Trinajstić information content (AvgIpc) is 2.71. The van der Waals surface area contributed by atoms with Gasteiger partial charge in [0.2, 0.25) is 5.82 Å². The van der Waals surface area contributed by atoms with E-state index in [0.717, 1.165) is 22.8 Å². The number of benzene rings is 2. The minimum Gasteiger partial charge on any atom is -0.451 e. The van der Waals surface area contributed by atoms with Crippen LogP contribution in [-0.4, -0.2) is 32.5 Å². The molecule has 0 unspecified atom stereocenters. The van der Waals surface area contributed by atoms with Crippen LogP contribution >= 0.6 is 0 Å². The summed E-state index contributed by atoms with van der Waals surface area (Å²) in [6.45, 7) is 0.822. The fourth-order valence-electron chi connectivity index (χ4n) is 2.62. The molecule has 0 aliphatic heterocycles. The third-order valence-corrected chi connectivity index (χ3v) is 4.12. The van der Waals surface area contributed by atoms with Crippen molar-refractivity contribution in [2.24, 2.45) is 0 Å². The summed E-state index contributed by atoms with van der Waals surface area (Å²) >= 11 is 0. The van der Waals surface area contributed by atoms with Gasteiger partial charge in [-0.1, -0.05) is 12.1 Å². The molecule has 0 radical (unpaired) electrons. The summed E-state index contributed by atoms with van der Waals surface area (Å²) in [6.07, 6.45) is -0.0698. The van der Waals surface area contributed by atoms with E-state index in [1.165, 1.54) is 13.3 Å². The number of esters is 1. The molecule has 0 saturated heterocycles. The monoisotopic (exact) mass is 414 g/mol. The zero-order chi connectivity index (χ0) is 21.8. The number of carbonyl (C=O) groups is 2. The van der Waals surface area contributed by atoms with Gasteiger partial charge in [-0.2, -0.15) is 4.39 Å². The maximum atomic E-state index is 13.4. The van der Waals surface area contributed by atoms with E-state index in [-0.39, 0.29) is 5.69 Å². The standard InChI is InChI=1S/C19H15FN4O6/c1-11(18(26)22-12-6-7-14(20)16(8-12)24(28)29)30-17(25)9-23-10-21-15-5-3-2-4-13(15)19(23)27/h2-8,10-11H,9H2,1H3,(H,22,26)/t11-/m0/s1. The molecule has 2 aromatic carbocycles. The summed E-state index contributed by atoms with van der Waals surface area (Å²) in [5.41, 5.74) is -0.798. The number of ether oxygens (including phenoxy) is 1. The molecule has 154 valence electrons. The van der Waals surface area contributed by atoms with Crippen molar-refractivity contribution < 1.29 is 23.6 Å². The molecule has 1 atom stereocenters. The second-order valence-electron chi connectivity index (χ2n) is 6.24. The molecule has 0 fully saturated rings. The van der Waals surface area contributed by atoms with Crippen LogP contribution in [0, 0.1) is 15.9 Å². The zero-order valence-corrected chi connectivity index (χ0v) is 15.6. The first-order valence-corrected chi connectivity index (χ1v) is 8.64. The number of carbonyl (C=O) groups excluding carboxylic acids is 2. The Kier molecular flexibility index (Phi) is 5.81. The number of anilines is 1. The molecular formula is C19H15FN4O6. The summed E-state index contributed by atoms with van der Waals surface area (Å²) < 4.78 is 19.4. The Hall–Kier alpha value is -4.15. The lowest BCUT2D eigenvalue weighted by atomic mass is 10.2. The Bertz CT molecular complexity index is 1210. The molecule has 0 spiro atoms. The van der Waals surface area contributed by atoms with Crippen LogP contribution in [0.5, 0.6) is 0 Å². The molecular weight excluding hydrogens is 399 g/mol. The van der Waals surface area contributed by atoms with Crippen LogP contribution in [0.15, 0.2) is 53.6 Å². The van der Waals surface area contributed by atoms with Crippen LogP contribution in [0.25, 0.3) is 10.9 Å². The number of nitro groups is 1. The number of nitrogens with zero attached hydrogens (tertiary/aromatic N) is 3. The number of halogens is 1. The van der Waals surface area contributed by atoms with Crippen molar-refractivity contribution in [3.8, 4) is 0 Å². The fraction of sp³-hybridized carbons (Fsp3) is 0.158. The first-order valence-electron chi connectivity index (χ1n) is 8.64. The minimum atomic E-state index is -1.27. The second kappa shape index (κ2) is 8.47. The highest BCUT2D eigenvalue weighted by molar-refractivity contribution is 5.95. The Balaban J connectivity index is 1.65. The van der Waals surface area contributed by atoms with Crippen molar-refractivity contribution in [3.63, 3.8) is 0 Å². The Labute approximate surface area is 168 Å². The van der Waals surface area contributed by atoms with Crippen LogP contribution in [0.3, 0.4) is 0 Å². The summed E-state index contributed by atoms with van der Waals surface area (Å²) in [4.78, 5) is 50.6. The van der Waals surface area contributed by atoms with Gasteiger partial charge in [-0.05, 0) is 31.2 Å². The van der Waals surface area contributed by atoms with Crippen LogP contribution < -0.4 is 10.9 Å². The highest BCUT2D eigenvalue weighted by Gasteiger charge is 2.21. The van der Waals surface area contributed by atoms with E-state index >= 15 is 0 Å². The fourth-order valence-corrected chi connectivity index (χ4v) is 2.62. The number of nitrogens with one attached hydrogen (secondary N) is 1. The summed E-state index contributed by atoms with van der Waals surface area (Å²) in [5.74, 6) is -2.69. The van der Waals surface area contributed by atoms with Crippen LogP contribution in [0.1, 0.15) is 6.92 Å². The SMILES string of the molecule is C[C@H](OC(=O)Cn1cnc2ccccc2c1=O)C(=O)Nc1ccc(F)c([N+](=O)[O-])c1. The summed E-state index contributed by atoms with van der Waals surface area (Å²) in [7, 11) is 0. The first-order chi connectivity index (χ1) is 14.3. The van der Waals surface area contributed by atoms with Crippen LogP contribution in [0.4, 0.5) is 15.8 Å². The number of para-hydroxylation sites is 1. The molecule has 0 aliphatic carbocycles. The number of nitro benzene ring substituents is 1. The number of aromatic nitrogens is 2. The molecule has 0 aliphatic rings. The van der Waals surface area contributed by atoms with E-state index in [4.69, 9.17) is 4.74 Å². The quantitative estimate of drug-likeness (QED) is 0.370. The van der Waals surface area contributed by atoms with E-state index in [2.05, 4.69) is 10.3 Å². The Morgan fingerprint density at radius 3 is 2.77 bits per heavy atom. The lowest BCUT2D eigenvalue weighted by Gasteiger charge is -2.14. The highest BCUT2D eigenvalue weighted by Crippen LogP contribution is 2.21. The summed E-state index contributed by atoms with van der Waals surface area (Å²) in [5, 5.41) is 13.4. The maximum Gasteiger partial charge on any atom is 0.326 e. The van der Waals surface area contributed by atoms with Gasteiger partial charge in [-0.3, -0.25) is 29.1 Å². The third kappa shape index (κ3) is 4.46. The second-order valence-corrected chi connectivity index (χ2v) is 6.24. The van der Waals surface area contributed by atoms with Gasteiger partial charge in [-0.25, -0.2) is 4.98 Å². The molecule has 0 bridgehead atoms. The van der Waals surface area contributed by atoms with Crippen LogP contribution in [-0.2, 0) is 20.9 Å². The van der Waals surface area contributed by atoms with E-state index in [9.17, 15) is 28.9 Å². The van der Waals surface area contributed by atoms with Crippen molar-refractivity contribution in [2.45, 2.75) is 19.6 Å². The molecule has 30 heavy (non-hydrogen) atoms. The zero-order valence-electron chi connectivity index (χ0n) is 15.6. The average molecular weight is 414 g/mol. The van der Waals surface area contributed by atoms with Gasteiger partial charge in [0, 0.05) is 11.8 Å². The largest absolute Gasteiger partial charge is 0.451 e. The van der Waals surface area contributed by atoms with Crippen molar-refractivity contribution in [1.29, 1.82) is 0 Å². The molecule has 0 saturated carbocycles. The van der Waals surface area contributed by atoms with E-state index < -0.39 is 46.5 Å². The molecule has 1 N–H and O–H groups in total. The van der Waals surface area contributed by atoms with E-state index in [1.54, 1.807) is 24.3 Å². The van der Waals surface area contributed by atoms with Gasteiger partial charge in [0.15, 0.2) is 6.10 Å². The number of hydrogen-bond donors (Lipinski definition) is 1. The van der Waals surface area contributed by atoms with Gasteiger partial charge in [0.05, 0.1) is 22.2 Å². The van der Waals surface area contributed by atoms with Crippen molar-refractivity contribution in [3.05, 3.63) is 75.1 Å². The number of fused-ring (bicyclic) bond motifs is 1. The normalized spacial score (nSPS) is 11.7. The Morgan fingerprint density at radius 1 is 1.30 bits per heavy atom. The van der Waals surface area contributed by atoms with Crippen molar-refractivity contribution >= 4 is 34.2 Å². The molecule has 11 heteroatoms. The van der Waals surface area contributed by atoms with E-state index in [1.807, 2.05) is 0 Å². The molecule has 3 aromatic rings. The highest BCUT2D eigenvalue weighted by atomic mass is 19.1. The maximum absolute atomic E-state index is 13.4. The minimum absolute atomic E-state index is 0.0362. The topological polar surface area (TPSA) is 133 Å². The lowest BCUT2D eigenvalue weighted by molar-refractivity contribution is -0.387. The number of amides is 1. The van der Waals surface area contributed by atoms with Gasteiger partial charge in [0.1, 0.15) is 6.54 Å². The molecule has 1 aromatic heterocycles. The molecule has 1 heterocycles. The Morgan fingerprint density at radius 2 is 2.03 bits per heavy atom. The van der Waals surface area contributed by atoms with Crippen LogP contribution in [0.2, 0.25) is 0 Å².